The molecule has 4 aromatic rings. The fourth-order valence-corrected chi connectivity index (χ4v) is 4.08. The molecule has 2 N–H and O–H groups in total. The van der Waals surface area contributed by atoms with E-state index in [4.69, 9.17) is 0 Å². The Morgan fingerprint density at radius 3 is 2.65 bits per heavy atom. The van der Waals surface area contributed by atoms with Crippen LogP contribution in [-0.2, 0) is 0 Å². The van der Waals surface area contributed by atoms with Gasteiger partial charge in [0.1, 0.15) is 0 Å². The second kappa shape index (κ2) is 7.48. The molecule has 0 aliphatic heterocycles. The van der Waals surface area contributed by atoms with Gasteiger partial charge in [-0.15, -0.1) is 11.3 Å². The Bertz CT molecular complexity index is 1020. The lowest BCUT2D eigenvalue weighted by Gasteiger charge is -2.18. The Morgan fingerprint density at radius 2 is 1.88 bits per heavy atom. The van der Waals surface area contributed by atoms with E-state index in [1.807, 2.05) is 41.8 Å². The number of para-hydroxylation sites is 1. The Morgan fingerprint density at radius 1 is 1.08 bits per heavy atom. The number of hydrogen-bond acceptors (Lipinski definition) is 2. The lowest BCUT2D eigenvalue weighted by molar-refractivity contribution is 0.0956. The van der Waals surface area contributed by atoms with Gasteiger partial charge in [-0.05, 0) is 40.8 Å². The van der Waals surface area contributed by atoms with Gasteiger partial charge in [-0.2, -0.15) is 0 Å². The number of fused-ring (bicyclic) bond motifs is 1. The standard InChI is InChI=1S/C21H17BrN2OS/c22-15-9-7-14(8-10-15)17(12-24-21(25)20-6-3-11-26-20)18-13-23-19-5-2-1-4-16(18)19/h1-11,13,17,23H,12H2,(H,24,25)/t17-/m1/s1. The molecular formula is C21H17BrN2OS. The van der Waals surface area contributed by atoms with Crippen LogP contribution in [0.3, 0.4) is 0 Å². The van der Waals surface area contributed by atoms with E-state index in [1.54, 1.807) is 0 Å². The van der Waals surface area contributed by atoms with Gasteiger partial charge in [0.2, 0.25) is 0 Å². The van der Waals surface area contributed by atoms with Crippen LogP contribution in [-0.4, -0.2) is 17.4 Å². The average Bonchev–Trinajstić information content (AvgIpc) is 3.33. The van der Waals surface area contributed by atoms with E-state index in [0.717, 1.165) is 14.9 Å². The number of nitrogens with one attached hydrogen (secondary N) is 2. The molecule has 5 heteroatoms. The quantitative estimate of drug-likeness (QED) is 0.433. The first-order valence-electron chi connectivity index (χ1n) is 8.35. The van der Waals surface area contributed by atoms with Crippen molar-refractivity contribution in [3.8, 4) is 0 Å². The number of rotatable bonds is 5. The molecule has 0 aliphatic rings. The van der Waals surface area contributed by atoms with E-state index in [0.29, 0.717) is 6.54 Å². The van der Waals surface area contributed by atoms with Gasteiger partial charge in [-0.1, -0.05) is 52.3 Å². The number of amides is 1. The van der Waals surface area contributed by atoms with Crippen molar-refractivity contribution < 1.29 is 4.79 Å². The maximum Gasteiger partial charge on any atom is 0.261 e. The largest absolute Gasteiger partial charge is 0.361 e. The monoisotopic (exact) mass is 424 g/mol. The lowest BCUT2D eigenvalue weighted by atomic mass is 9.91. The molecule has 0 saturated carbocycles. The zero-order chi connectivity index (χ0) is 17.9. The second-order valence-electron chi connectivity index (χ2n) is 6.08. The summed E-state index contributed by atoms with van der Waals surface area (Å²) in [5, 5.41) is 6.20. The molecule has 2 aromatic heterocycles. The summed E-state index contributed by atoms with van der Waals surface area (Å²) in [7, 11) is 0. The first kappa shape index (κ1) is 17.1. The Kier molecular flexibility index (Phi) is 4.91. The number of thiophene rings is 1. The molecule has 0 aliphatic carbocycles. The lowest BCUT2D eigenvalue weighted by Crippen LogP contribution is -2.28. The van der Waals surface area contributed by atoms with Crippen molar-refractivity contribution >= 4 is 44.1 Å². The molecule has 0 spiro atoms. The fourth-order valence-electron chi connectivity index (χ4n) is 3.17. The molecule has 130 valence electrons. The fraction of sp³-hybridized carbons (Fsp3) is 0.0952. The highest BCUT2D eigenvalue weighted by Crippen LogP contribution is 2.31. The summed E-state index contributed by atoms with van der Waals surface area (Å²) in [6.07, 6.45) is 2.05. The Hall–Kier alpha value is -2.37. The summed E-state index contributed by atoms with van der Waals surface area (Å²) in [6, 6.07) is 20.3. The van der Waals surface area contributed by atoms with Crippen LogP contribution in [0.5, 0.6) is 0 Å². The third-order valence-corrected chi connectivity index (χ3v) is 5.88. The average molecular weight is 425 g/mol. The molecule has 2 heterocycles. The number of hydrogen-bond donors (Lipinski definition) is 2. The van der Waals surface area contributed by atoms with Crippen LogP contribution in [0.15, 0.2) is 76.7 Å². The normalized spacial score (nSPS) is 12.2. The summed E-state index contributed by atoms with van der Waals surface area (Å²) in [5.41, 5.74) is 3.47. The number of benzene rings is 2. The van der Waals surface area contributed by atoms with Crippen LogP contribution in [0, 0.1) is 0 Å². The van der Waals surface area contributed by atoms with Gasteiger partial charge in [-0.25, -0.2) is 0 Å². The van der Waals surface area contributed by atoms with Crippen molar-refractivity contribution in [2.45, 2.75) is 5.92 Å². The summed E-state index contributed by atoms with van der Waals surface area (Å²) < 4.78 is 1.04. The van der Waals surface area contributed by atoms with Crippen molar-refractivity contribution in [2.24, 2.45) is 0 Å². The number of H-pyrrole nitrogens is 1. The maximum absolute atomic E-state index is 12.4. The first-order chi connectivity index (χ1) is 12.7. The van der Waals surface area contributed by atoms with Gasteiger partial charge < -0.3 is 10.3 Å². The highest BCUT2D eigenvalue weighted by atomic mass is 79.9. The van der Waals surface area contributed by atoms with E-state index in [2.05, 4.69) is 56.7 Å². The number of halogens is 1. The molecule has 0 saturated heterocycles. The first-order valence-corrected chi connectivity index (χ1v) is 10.0. The molecule has 0 unspecified atom stereocenters. The van der Waals surface area contributed by atoms with Crippen molar-refractivity contribution in [3.63, 3.8) is 0 Å². The smallest absolute Gasteiger partial charge is 0.261 e. The van der Waals surface area contributed by atoms with Crippen molar-refractivity contribution in [3.05, 3.63) is 92.7 Å². The Labute approximate surface area is 164 Å². The van der Waals surface area contributed by atoms with E-state index >= 15 is 0 Å². The molecule has 2 aromatic carbocycles. The number of aromatic amines is 1. The molecule has 4 rings (SSSR count). The summed E-state index contributed by atoms with van der Waals surface area (Å²) in [6.45, 7) is 0.542. The van der Waals surface area contributed by atoms with Crippen LogP contribution in [0.1, 0.15) is 26.7 Å². The highest BCUT2D eigenvalue weighted by molar-refractivity contribution is 9.10. The van der Waals surface area contributed by atoms with Crippen LogP contribution < -0.4 is 5.32 Å². The molecule has 1 amide bonds. The van der Waals surface area contributed by atoms with E-state index < -0.39 is 0 Å². The van der Waals surface area contributed by atoms with Gasteiger partial charge in [-0.3, -0.25) is 4.79 Å². The molecule has 3 nitrogen and oxygen atoms in total. The minimum atomic E-state index is -0.0260. The van der Waals surface area contributed by atoms with Crippen LogP contribution >= 0.6 is 27.3 Å². The minimum Gasteiger partial charge on any atom is -0.361 e. The van der Waals surface area contributed by atoms with Crippen molar-refractivity contribution in [1.29, 1.82) is 0 Å². The topological polar surface area (TPSA) is 44.9 Å². The molecule has 0 radical (unpaired) electrons. The van der Waals surface area contributed by atoms with E-state index in [9.17, 15) is 4.79 Å². The summed E-state index contributed by atoms with van der Waals surface area (Å²) in [5.74, 6) is 0.0464. The van der Waals surface area contributed by atoms with Crippen LogP contribution in [0.2, 0.25) is 0 Å². The zero-order valence-electron chi connectivity index (χ0n) is 13.9. The predicted octanol–water partition coefficient (Wildman–Crippen LogP) is 5.55. The second-order valence-corrected chi connectivity index (χ2v) is 7.94. The maximum atomic E-state index is 12.4. The number of carbonyl (C=O) groups excluding carboxylic acids is 1. The van der Waals surface area contributed by atoms with Gasteiger partial charge in [0.05, 0.1) is 4.88 Å². The summed E-state index contributed by atoms with van der Waals surface area (Å²) >= 11 is 4.95. The SMILES string of the molecule is O=C(NC[C@H](c1ccc(Br)cc1)c1c[nH]c2ccccc12)c1cccs1. The van der Waals surface area contributed by atoms with Crippen LogP contribution in [0.4, 0.5) is 0 Å². The molecule has 0 fully saturated rings. The third-order valence-electron chi connectivity index (χ3n) is 4.48. The highest BCUT2D eigenvalue weighted by Gasteiger charge is 2.19. The molecular weight excluding hydrogens is 408 g/mol. The van der Waals surface area contributed by atoms with Gasteiger partial charge in [0.25, 0.3) is 5.91 Å². The van der Waals surface area contributed by atoms with Crippen molar-refractivity contribution in [2.75, 3.05) is 6.54 Å². The number of carbonyl (C=O) groups is 1. The van der Waals surface area contributed by atoms with E-state index in [-0.39, 0.29) is 11.8 Å². The molecule has 26 heavy (non-hydrogen) atoms. The molecule has 0 bridgehead atoms. The minimum absolute atomic E-state index is 0.0260. The zero-order valence-corrected chi connectivity index (χ0v) is 16.3. The molecule has 1 atom stereocenters. The summed E-state index contributed by atoms with van der Waals surface area (Å²) in [4.78, 5) is 16.5. The number of aromatic nitrogens is 1. The van der Waals surface area contributed by atoms with Gasteiger partial charge >= 0.3 is 0 Å². The van der Waals surface area contributed by atoms with Crippen molar-refractivity contribution in [1.82, 2.24) is 10.3 Å². The van der Waals surface area contributed by atoms with Gasteiger partial charge in [0.15, 0.2) is 0 Å². The third kappa shape index (κ3) is 3.45. The predicted molar refractivity (Wildman–Crippen MR) is 111 cm³/mol. The van der Waals surface area contributed by atoms with Gasteiger partial charge in [0, 0.05) is 34.0 Å². The van der Waals surface area contributed by atoms with Crippen LogP contribution in [0.25, 0.3) is 10.9 Å². The van der Waals surface area contributed by atoms with E-state index in [1.165, 1.54) is 27.8 Å². The Balaban J connectivity index is 1.67.